The molecule has 0 fully saturated rings. The van der Waals surface area contributed by atoms with Gasteiger partial charge in [0, 0.05) is 25.9 Å². The number of rotatable bonds is 3. The zero-order valence-electron chi connectivity index (χ0n) is 12.4. The van der Waals surface area contributed by atoms with Crippen molar-refractivity contribution in [2.45, 2.75) is 26.1 Å². The van der Waals surface area contributed by atoms with Crippen LogP contribution in [0.3, 0.4) is 0 Å². The van der Waals surface area contributed by atoms with Crippen molar-refractivity contribution in [3.05, 3.63) is 45.9 Å². The number of nitrogens with one attached hydrogen (secondary N) is 1. The molecule has 116 valence electrons. The second kappa shape index (κ2) is 5.72. The Kier molecular flexibility index (Phi) is 3.76. The molecule has 0 aliphatic carbocycles. The van der Waals surface area contributed by atoms with Gasteiger partial charge in [0.15, 0.2) is 11.6 Å². The molecular formula is C14H17N5O3. The molecule has 1 amide bonds. The van der Waals surface area contributed by atoms with Crippen LogP contribution in [-0.2, 0) is 17.9 Å². The van der Waals surface area contributed by atoms with E-state index >= 15 is 0 Å². The van der Waals surface area contributed by atoms with E-state index in [9.17, 15) is 9.59 Å². The maximum Gasteiger partial charge on any atom is 0.255 e. The van der Waals surface area contributed by atoms with Crippen LogP contribution in [0.4, 0.5) is 0 Å². The third-order valence-electron chi connectivity index (χ3n) is 3.69. The Bertz CT molecular complexity index is 731. The predicted molar refractivity (Wildman–Crippen MR) is 77.2 cm³/mol. The quantitative estimate of drug-likeness (QED) is 0.882. The number of H-pyrrole nitrogens is 1. The van der Waals surface area contributed by atoms with Crippen LogP contribution >= 0.6 is 0 Å². The van der Waals surface area contributed by atoms with Gasteiger partial charge in [0.05, 0.1) is 18.2 Å². The highest BCUT2D eigenvalue weighted by atomic mass is 16.5. The molecule has 8 heteroatoms. The van der Waals surface area contributed by atoms with E-state index < -0.39 is 0 Å². The van der Waals surface area contributed by atoms with Crippen molar-refractivity contribution in [2.24, 2.45) is 0 Å². The van der Waals surface area contributed by atoms with Crippen LogP contribution in [0.5, 0.6) is 0 Å². The average molecular weight is 303 g/mol. The van der Waals surface area contributed by atoms with E-state index in [-0.39, 0.29) is 17.5 Å². The second-order valence-corrected chi connectivity index (χ2v) is 5.31. The smallest absolute Gasteiger partial charge is 0.255 e. The zero-order valence-corrected chi connectivity index (χ0v) is 12.4. The molecule has 0 bridgehead atoms. The van der Waals surface area contributed by atoms with E-state index in [0.29, 0.717) is 25.3 Å². The molecule has 0 spiro atoms. The molecule has 22 heavy (non-hydrogen) atoms. The number of hydrogen-bond donors (Lipinski definition) is 1. The van der Waals surface area contributed by atoms with E-state index in [2.05, 4.69) is 15.2 Å². The molecule has 0 aromatic carbocycles. The van der Waals surface area contributed by atoms with Gasteiger partial charge in [-0.05, 0) is 13.0 Å². The third-order valence-corrected chi connectivity index (χ3v) is 3.69. The number of methoxy groups -OCH3 is 1. The van der Waals surface area contributed by atoms with Gasteiger partial charge in [0.25, 0.3) is 5.91 Å². The summed E-state index contributed by atoms with van der Waals surface area (Å²) >= 11 is 0. The van der Waals surface area contributed by atoms with Gasteiger partial charge in [-0.2, -0.15) is 0 Å². The molecule has 2 aromatic rings. The van der Waals surface area contributed by atoms with Crippen LogP contribution in [0.15, 0.2) is 23.1 Å². The minimum absolute atomic E-state index is 0.0654. The summed E-state index contributed by atoms with van der Waals surface area (Å²) in [6.45, 7) is 3.35. The van der Waals surface area contributed by atoms with Crippen molar-refractivity contribution in [1.82, 2.24) is 24.6 Å². The van der Waals surface area contributed by atoms with Gasteiger partial charge in [-0.25, -0.2) is 0 Å². The van der Waals surface area contributed by atoms with Crippen molar-refractivity contribution in [3.8, 4) is 0 Å². The van der Waals surface area contributed by atoms with Crippen LogP contribution in [-0.4, -0.2) is 44.2 Å². The third kappa shape index (κ3) is 2.52. The Morgan fingerprint density at radius 2 is 2.27 bits per heavy atom. The van der Waals surface area contributed by atoms with E-state index in [4.69, 9.17) is 4.74 Å². The summed E-state index contributed by atoms with van der Waals surface area (Å²) in [5.41, 5.74) is 0.226. The first-order valence-electron chi connectivity index (χ1n) is 6.99. The maximum atomic E-state index is 12.5. The Balaban J connectivity index is 1.84. The molecule has 8 nitrogen and oxygen atoms in total. The average Bonchev–Trinajstić information content (AvgIpc) is 2.91. The molecular weight excluding hydrogens is 286 g/mol. The highest BCUT2D eigenvalue weighted by Crippen LogP contribution is 2.23. The normalized spacial score (nSPS) is 17.4. The van der Waals surface area contributed by atoms with E-state index in [0.717, 1.165) is 11.6 Å². The van der Waals surface area contributed by atoms with Gasteiger partial charge in [-0.15, -0.1) is 10.2 Å². The molecule has 1 atom stereocenters. The minimum Gasteiger partial charge on any atom is -0.377 e. The molecule has 0 saturated heterocycles. The molecule has 1 aliphatic rings. The molecule has 0 saturated carbocycles. The highest BCUT2D eigenvalue weighted by molar-refractivity contribution is 5.93. The largest absolute Gasteiger partial charge is 0.377 e. The molecule has 0 unspecified atom stereocenters. The maximum absolute atomic E-state index is 12.5. The van der Waals surface area contributed by atoms with Gasteiger partial charge in [-0.3, -0.25) is 9.59 Å². The Hall–Kier alpha value is -2.48. The number of pyridine rings is 1. The van der Waals surface area contributed by atoms with E-state index in [1.54, 1.807) is 12.0 Å². The number of carbonyl (C=O) groups is 1. The number of carbonyl (C=O) groups excluding carboxylic acids is 1. The van der Waals surface area contributed by atoms with Crippen molar-refractivity contribution >= 4 is 5.91 Å². The highest BCUT2D eigenvalue weighted by Gasteiger charge is 2.29. The predicted octanol–water partition coefficient (Wildman–Crippen LogP) is 0.330. The fourth-order valence-corrected chi connectivity index (χ4v) is 2.72. The second-order valence-electron chi connectivity index (χ2n) is 5.31. The number of amides is 1. The van der Waals surface area contributed by atoms with Crippen molar-refractivity contribution < 1.29 is 9.53 Å². The summed E-state index contributed by atoms with van der Waals surface area (Å²) < 4.78 is 7.13. The van der Waals surface area contributed by atoms with Gasteiger partial charge >= 0.3 is 0 Å². The molecule has 2 aromatic heterocycles. The number of aromatic nitrogens is 4. The van der Waals surface area contributed by atoms with Gasteiger partial charge in [0.2, 0.25) is 5.56 Å². The van der Waals surface area contributed by atoms with Crippen molar-refractivity contribution in [3.63, 3.8) is 0 Å². The lowest BCUT2D eigenvalue weighted by Gasteiger charge is -2.32. The summed E-state index contributed by atoms with van der Waals surface area (Å²) in [6, 6.07) is 2.94. The summed E-state index contributed by atoms with van der Waals surface area (Å²) in [7, 11) is 1.61. The number of hydrogen-bond acceptors (Lipinski definition) is 5. The van der Waals surface area contributed by atoms with Crippen LogP contribution in [0.25, 0.3) is 0 Å². The first kappa shape index (κ1) is 14.5. The fraction of sp³-hybridized carbons (Fsp3) is 0.429. The SMILES string of the molecule is COCc1nnc2n1[C@@H](C)CN(C(=O)c1ccc(=O)[nH]c1)C2. The lowest BCUT2D eigenvalue weighted by Crippen LogP contribution is -2.41. The van der Waals surface area contributed by atoms with Crippen LogP contribution in [0.1, 0.15) is 35.0 Å². The monoisotopic (exact) mass is 303 g/mol. The van der Waals surface area contributed by atoms with Gasteiger partial charge < -0.3 is 19.2 Å². The first-order chi connectivity index (χ1) is 10.6. The molecule has 1 aliphatic heterocycles. The molecule has 1 N–H and O–H groups in total. The number of aromatic amines is 1. The minimum atomic E-state index is -0.229. The van der Waals surface area contributed by atoms with Crippen molar-refractivity contribution in [2.75, 3.05) is 13.7 Å². The van der Waals surface area contributed by atoms with Crippen LogP contribution in [0.2, 0.25) is 0 Å². The summed E-state index contributed by atoms with van der Waals surface area (Å²) in [6.07, 6.45) is 1.44. The summed E-state index contributed by atoms with van der Waals surface area (Å²) in [4.78, 5) is 27.8. The number of ether oxygens (including phenoxy) is 1. The van der Waals surface area contributed by atoms with E-state index in [1.807, 2.05) is 11.5 Å². The van der Waals surface area contributed by atoms with Crippen LogP contribution < -0.4 is 5.56 Å². The number of nitrogens with zero attached hydrogens (tertiary/aromatic N) is 4. The van der Waals surface area contributed by atoms with Gasteiger partial charge in [-0.1, -0.05) is 0 Å². The first-order valence-corrected chi connectivity index (χ1v) is 6.99. The van der Waals surface area contributed by atoms with Crippen LogP contribution in [0, 0.1) is 0 Å². The zero-order chi connectivity index (χ0) is 15.7. The topological polar surface area (TPSA) is 93.1 Å². The van der Waals surface area contributed by atoms with E-state index in [1.165, 1.54) is 18.3 Å². The Morgan fingerprint density at radius 3 is 2.95 bits per heavy atom. The van der Waals surface area contributed by atoms with Gasteiger partial charge in [0.1, 0.15) is 6.61 Å². The lowest BCUT2D eigenvalue weighted by molar-refractivity contribution is 0.0674. The lowest BCUT2D eigenvalue weighted by atomic mass is 10.2. The summed E-state index contributed by atoms with van der Waals surface area (Å²) in [5.74, 6) is 1.37. The Morgan fingerprint density at radius 1 is 1.45 bits per heavy atom. The summed E-state index contributed by atoms with van der Waals surface area (Å²) in [5, 5.41) is 8.27. The number of fused-ring (bicyclic) bond motifs is 1. The molecule has 3 rings (SSSR count). The fourth-order valence-electron chi connectivity index (χ4n) is 2.72. The molecule has 3 heterocycles. The molecule has 0 radical (unpaired) electrons. The van der Waals surface area contributed by atoms with Crippen molar-refractivity contribution in [1.29, 1.82) is 0 Å². The Labute approximate surface area is 126 Å². The standard InChI is InChI=1S/C14H17N5O3/c1-9-6-18(14(21)10-3-4-13(20)15-5-10)7-11-16-17-12(8-22-2)19(9)11/h3-5,9H,6-8H2,1-2H3,(H,15,20)/t9-/m0/s1.